The van der Waals surface area contributed by atoms with E-state index in [2.05, 4.69) is 30.4 Å². The second-order valence-corrected chi connectivity index (χ2v) is 11.1. The van der Waals surface area contributed by atoms with Gasteiger partial charge in [-0.25, -0.2) is 0 Å². The number of rotatable bonds is 12. The van der Waals surface area contributed by atoms with Crippen LogP contribution in [0.15, 0.2) is 72.8 Å². The third-order valence-corrected chi connectivity index (χ3v) is 7.78. The molecule has 4 nitrogen and oxygen atoms in total. The van der Waals surface area contributed by atoms with Crippen LogP contribution in [0.4, 0.5) is 0 Å². The van der Waals surface area contributed by atoms with Gasteiger partial charge in [0, 0.05) is 34.8 Å². The summed E-state index contributed by atoms with van der Waals surface area (Å²) < 4.78 is 0. The van der Waals surface area contributed by atoms with Crippen LogP contribution >= 0.6 is 35.0 Å². The smallest absolute Gasteiger partial charge is 0.243 e. The number of aryl methyl sites for hydroxylation is 1. The van der Waals surface area contributed by atoms with Crippen molar-refractivity contribution < 1.29 is 9.59 Å². The molecule has 2 atom stereocenters. The monoisotopic (exact) mass is 556 g/mol. The van der Waals surface area contributed by atoms with Crippen LogP contribution < -0.4 is 5.32 Å². The summed E-state index contributed by atoms with van der Waals surface area (Å²) in [5.41, 5.74) is 4.09. The van der Waals surface area contributed by atoms with Gasteiger partial charge in [0.25, 0.3) is 0 Å². The third kappa shape index (κ3) is 9.10. The average Bonchev–Trinajstić information content (AvgIpc) is 2.87. The minimum Gasteiger partial charge on any atom is -0.352 e. The molecule has 0 aliphatic heterocycles. The maximum atomic E-state index is 13.7. The van der Waals surface area contributed by atoms with Crippen molar-refractivity contribution in [3.63, 3.8) is 0 Å². The minimum atomic E-state index is -0.685. The van der Waals surface area contributed by atoms with Gasteiger partial charge in [0.05, 0.1) is 5.75 Å². The van der Waals surface area contributed by atoms with Gasteiger partial charge in [-0.05, 0) is 49.1 Å². The Morgan fingerprint density at radius 2 is 1.70 bits per heavy atom. The zero-order chi connectivity index (χ0) is 26.8. The lowest BCUT2D eigenvalue weighted by Crippen LogP contribution is -2.52. The molecule has 0 heterocycles. The number of thioether (sulfide) groups is 1. The quantitative estimate of drug-likeness (QED) is 0.259. The van der Waals surface area contributed by atoms with Crippen LogP contribution in [0, 0.1) is 6.92 Å². The summed E-state index contributed by atoms with van der Waals surface area (Å²) in [6.45, 7) is 6.26. The van der Waals surface area contributed by atoms with Crippen molar-refractivity contribution in [3.8, 4) is 0 Å². The number of hydrogen-bond acceptors (Lipinski definition) is 3. The Kier molecular flexibility index (Phi) is 11.4. The molecule has 0 radical (unpaired) electrons. The first kappa shape index (κ1) is 29.1. The van der Waals surface area contributed by atoms with Gasteiger partial charge in [-0.15, -0.1) is 11.8 Å². The van der Waals surface area contributed by atoms with Crippen LogP contribution in [0.1, 0.15) is 42.5 Å². The second kappa shape index (κ2) is 14.5. The van der Waals surface area contributed by atoms with Crippen LogP contribution in [0.3, 0.4) is 0 Å². The second-order valence-electron chi connectivity index (χ2n) is 9.26. The predicted molar refractivity (Wildman–Crippen MR) is 156 cm³/mol. The maximum absolute atomic E-state index is 13.7. The molecule has 0 spiro atoms. The molecule has 196 valence electrons. The minimum absolute atomic E-state index is 0.00228. The van der Waals surface area contributed by atoms with E-state index in [0.717, 1.165) is 17.5 Å². The molecular formula is C30H34Cl2N2O2S. The van der Waals surface area contributed by atoms with Crippen molar-refractivity contribution in [2.24, 2.45) is 0 Å². The highest BCUT2D eigenvalue weighted by molar-refractivity contribution is 7.99. The van der Waals surface area contributed by atoms with Gasteiger partial charge in [-0.1, -0.05) is 96.4 Å². The van der Waals surface area contributed by atoms with E-state index in [1.165, 1.54) is 11.1 Å². The maximum Gasteiger partial charge on any atom is 0.243 e. The van der Waals surface area contributed by atoms with Crippen molar-refractivity contribution >= 4 is 46.8 Å². The first-order chi connectivity index (χ1) is 17.8. The number of nitrogens with zero attached hydrogens (tertiary/aromatic N) is 1. The van der Waals surface area contributed by atoms with E-state index in [0.29, 0.717) is 22.2 Å². The zero-order valence-electron chi connectivity index (χ0n) is 21.5. The number of hydrogen-bond donors (Lipinski definition) is 1. The molecule has 3 aromatic carbocycles. The van der Waals surface area contributed by atoms with E-state index in [4.69, 9.17) is 23.2 Å². The SMILES string of the molecule is CC[C@@H](C)NC(=O)[C@@H](Cc1ccccc1)N(Cc1ccc(Cl)cc1Cl)C(=O)CSCc1cccc(C)c1. The number of carbonyl (C=O) groups excluding carboxylic acids is 2. The van der Waals surface area contributed by atoms with Crippen LogP contribution in [-0.2, 0) is 28.3 Å². The van der Waals surface area contributed by atoms with Crippen molar-refractivity contribution in [2.45, 2.75) is 58.0 Å². The lowest BCUT2D eigenvalue weighted by molar-refractivity contribution is -0.139. The Morgan fingerprint density at radius 1 is 0.973 bits per heavy atom. The predicted octanol–water partition coefficient (Wildman–Crippen LogP) is 7.09. The highest BCUT2D eigenvalue weighted by Gasteiger charge is 2.31. The summed E-state index contributed by atoms with van der Waals surface area (Å²) in [5, 5.41) is 4.08. The van der Waals surface area contributed by atoms with Gasteiger partial charge in [0.15, 0.2) is 0 Å². The summed E-state index contributed by atoms with van der Waals surface area (Å²) in [7, 11) is 0. The number of benzene rings is 3. The largest absolute Gasteiger partial charge is 0.352 e. The first-order valence-electron chi connectivity index (χ1n) is 12.5. The fourth-order valence-electron chi connectivity index (χ4n) is 3.97. The topological polar surface area (TPSA) is 49.4 Å². The van der Waals surface area contributed by atoms with E-state index < -0.39 is 6.04 Å². The standard InChI is InChI=1S/C30H34Cl2N2O2S/c1-4-22(3)33-30(36)28(16-23-10-6-5-7-11-23)34(18-25-13-14-26(31)17-27(25)32)29(35)20-37-19-24-12-8-9-21(2)15-24/h5-15,17,22,28H,4,16,18-20H2,1-3H3,(H,33,36)/t22-,28-/m1/s1. The number of amides is 2. The van der Waals surface area contributed by atoms with Gasteiger partial charge in [0.2, 0.25) is 11.8 Å². The Balaban J connectivity index is 1.89. The van der Waals surface area contributed by atoms with Crippen LogP contribution in [0.5, 0.6) is 0 Å². The van der Waals surface area contributed by atoms with Crippen molar-refractivity contribution in [3.05, 3.63) is 105 Å². The molecule has 3 aromatic rings. The summed E-state index contributed by atoms with van der Waals surface area (Å²) in [6.07, 6.45) is 1.20. The summed E-state index contributed by atoms with van der Waals surface area (Å²) in [6, 6.07) is 22.6. The van der Waals surface area contributed by atoms with Crippen LogP contribution in [0.25, 0.3) is 0 Å². The van der Waals surface area contributed by atoms with Gasteiger partial charge in [-0.3, -0.25) is 9.59 Å². The molecule has 0 fully saturated rings. The van der Waals surface area contributed by atoms with Crippen LogP contribution in [0.2, 0.25) is 10.0 Å². The number of carbonyl (C=O) groups is 2. The first-order valence-corrected chi connectivity index (χ1v) is 14.4. The van der Waals surface area contributed by atoms with Gasteiger partial charge >= 0.3 is 0 Å². The lowest BCUT2D eigenvalue weighted by Gasteiger charge is -2.32. The van der Waals surface area contributed by atoms with E-state index in [1.807, 2.05) is 56.3 Å². The molecule has 0 aromatic heterocycles. The fraction of sp³-hybridized carbons (Fsp3) is 0.333. The number of halogens is 2. The molecule has 0 bridgehead atoms. The van der Waals surface area contributed by atoms with Gasteiger partial charge in [-0.2, -0.15) is 0 Å². The Morgan fingerprint density at radius 3 is 2.38 bits per heavy atom. The molecule has 0 unspecified atom stereocenters. The van der Waals surface area contributed by atoms with Gasteiger partial charge in [0.1, 0.15) is 6.04 Å². The lowest BCUT2D eigenvalue weighted by atomic mass is 10.0. The Bertz CT molecular complexity index is 1190. The fourth-order valence-corrected chi connectivity index (χ4v) is 5.30. The molecule has 2 amide bonds. The molecular weight excluding hydrogens is 523 g/mol. The van der Waals surface area contributed by atoms with Crippen molar-refractivity contribution in [1.29, 1.82) is 0 Å². The molecule has 0 aliphatic rings. The Hall–Kier alpha value is -2.47. The molecule has 0 saturated carbocycles. The third-order valence-electron chi connectivity index (χ3n) is 6.20. The highest BCUT2D eigenvalue weighted by atomic mass is 35.5. The zero-order valence-corrected chi connectivity index (χ0v) is 23.9. The summed E-state index contributed by atoms with van der Waals surface area (Å²) in [5.74, 6) is 0.691. The van der Waals surface area contributed by atoms with Crippen LogP contribution in [-0.4, -0.2) is 34.6 Å². The summed E-state index contributed by atoms with van der Waals surface area (Å²) in [4.78, 5) is 29.0. The van der Waals surface area contributed by atoms with Crippen molar-refractivity contribution in [2.75, 3.05) is 5.75 Å². The molecule has 0 aliphatic carbocycles. The van der Waals surface area contributed by atoms with E-state index >= 15 is 0 Å². The van der Waals surface area contributed by atoms with E-state index in [1.54, 1.807) is 28.8 Å². The normalized spacial score (nSPS) is 12.6. The number of nitrogens with one attached hydrogen (secondary N) is 1. The molecule has 0 saturated heterocycles. The van der Waals surface area contributed by atoms with E-state index in [-0.39, 0.29) is 30.2 Å². The molecule has 7 heteroatoms. The average molecular weight is 558 g/mol. The van der Waals surface area contributed by atoms with E-state index in [9.17, 15) is 9.59 Å². The highest BCUT2D eigenvalue weighted by Crippen LogP contribution is 2.25. The Labute approximate surface area is 234 Å². The van der Waals surface area contributed by atoms with Crippen molar-refractivity contribution in [1.82, 2.24) is 10.2 Å². The molecule has 37 heavy (non-hydrogen) atoms. The molecule has 1 N–H and O–H groups in total. The van der Waals surface area contributed by atoms with Gasteiger partial charge < -0.3 is 10.2 Å². The molecule has 3 rings (SSSR count). The summed E-state index contributed by atoms with van der Waals surface area (Å²) >= 11 is 14.2.